The van der Waals surface area contributed by atoms with E-state index in [-0.39, 0.29) is 0 Å². The van der Waals surface area contributed by atoms with Crippen LogP contribution in [0.4, 0.5) is 4.39 Å². The van der Waals surface area contributed by atoms with Crippen LogP contribution in [-0.2, 0) is 13.0 Å². The van der Waals surface area contributed by atoms with Crippen molar-refractivity contribution in [3.63, 3.8) is 0 Å². The smallest absolute Gasteiger partial charge is 0.200 e. The van der Waals surface area contributed by atoms with Crippen molar-refractivity contribution in [2.24, 2.45) is 0 Å². The van der Waals surface area contributed by atoms with E-state index in [0.29, 0.717) is 24.1 Å². The highest BCUT2D eigenvalue weighted by atomic mass is 79.9. The van der Waals surface area contributed by atoms with Gasteiger partial charge in [0.15, 0.2) is 4.73 Å². The van der Waals surface area contributed by atoms with E-state index in [0.717, 1.165) is 5.82 Å². The molecule has 2 rings (SSSR count). The highest BCUT2D eigenvalue weighted by Gasteiger charge is 2.21. The number of alkyl halides is 1. The molecule has 1 aromatic rings. The minimum atomic E-state index is -0.737. The first-order valence-corrected chi connectivity index (χ1v) is 4.28. The third-order valence-corrected chi connectivity index (χ3v) is 2.44. The molecule has 1 atom stereocenters. The monoisotopic (exact) mass is 219 g/mol. The summed E-state index contributed by atoms with van der Waals surface area (Å²) >= 11 is 3.24. The Morgan fingerprint density at radius 3 is 3.18 bits per heavy atom. The minimum Gasteiger partial charge on any atom is -0.305 e. The van der Waals surface area contributed by atoms with Crippen molar-refractivity contribution < 1.29 is 4.39 Å². The molecule has 0 aromatic carbocycles. The van der Waals surface area contributed by atoms with E-state index >= 15 is 0 Å². The molecule has 0 fully saturated rings. The molecular formula is C6H7BrFN3. The van der Waals surface area contributed by atoms with Crippen LogP contribution in [0.2, 0.25) is 0 Å². The lowest BCUT2D eigenvalue weighted by atomic mass is 10.1. The fourth-order valence-electron chi connectivity index (χ4n) is 1.26. The standard InChI is InChI=1S/C6H7BrFN3/c7-6-10-9-5-3-4(8)1-2-11(5)6/h4H,1-3H2. The third-order valence-electron chi connectivity index (χ3n) is 1.85. The number of rotatable bonds is 0. The number of hydrogen-bond donors (Lipinski definition) is 0. The highest BCUT2D eigenvalue weighted by molar-refractivity contribution is 9.10. The summed E-state index contributed by atoms with van der Waals surface area (Å²) in [6, 6.07) is 0. The molecule has 0 bridgehead atoms. The Morgan fingerprint density at radius 2 is 2.36 bits per heavy atom. The van der Waals surface area contributed by atoms with Crippen molar-refractivity contribution in [2.45, 2.75) is 25.6 Å². The molecule has 1 aromatic heterocycles. The quantitative estimate of drug-likeness (QED) is 0.660. The third kappa shape index (κ3) is 1.17. The molecule has 0 N–H and O–H groups in total. The SMILES string of the molecule is FC1CCn2c(Br)nnc2C1. The van der Waals surface area contributed by atoms with Gasteiger partial charge in [-0.3, -0.25) is 0 Å². The molecule has 1 aliphatic rings. The van der Waals surface area contributed by atoms with Gasteiger partial charge in [-0.1, -0.05) is 0 Å². The van der Waals surface area contributed by atoms with Gasteiger partial charge in [0, 0.05) is 13.0 Å². The van der Waals surface area contributed by atoms with Gasteiger partial charge < -0.3 is 4.57 Å². The highest BCUT2D eigenvalue weighted by Crippen LogP contribution is 2.19. The molecule has 11 heavy (non-hydrogen) atoms. The fraction of sp³-hybridized carbons (Fsp3) is 0.667. The van der Waals surface area contributed by atoms with Crippen molar-refractivity contribution in [2.75, 3.05) is 0 Å². The first-order valence-electron chi connectivity index (χ1n) is 3.49. The van der Waals surface area contributed by atoms with Crippen LogP contribution >= 0.6 is 15.9 Å². The lowest BCUT2D eigenvalue weighted by molar-refractivity contribution is 0.267. The van der Waals surface area contributed by atoms with E-state index in [1.807, 2.05) is 4.57 Å². The molecule has 1 aliphatic heterocycles. The van der Waals surface area contributed by atoms with Gasteiger partial charge in [-0.05, 0) is 22.4 Å². The van der Waals surface area contributed by atoms with E-state index in [4.69, 9.17) is 0 Å². The number of fused-ring (bicyclic) bond motifs is 1. The predicted octanol–water partition coefficient (Wildman–Crippen LogP) is 1.32. The molecule has 0 radical (unpaired) electrons. The Labute approximate surface area is 71.7 Å². The van der Waals surface area contributed by atoms with Crippen molar-refractivity contribution in [1.29, 1.82) is 0 Å². The first-order chi connectivity index (χ1) is 5.27. The van der Waals surface area contributed by atoms with Crippen LogP contribution in [-0.4, -0.2) is 20.9 Å². The molecule has 0 amide bonds. The van der Waals surface area contributed by atoms with E-state index in [9.17, 15) is 4.39 Å². The van der Waals surface area contributed by atoms with E-state index in [1.165, 1.54) is 0 Å². The van der Waals surface area contributed by atoms with Gasteiger partial charge >= 0.3 is 0 Å². The largest absolute Gasteiger partial charge is 0.305 e. The molecule has 60 valence electrons. The van der Waals surface area contributed by atoms with Gasteiger partial charge in [0.05, 0.1) is 0 Å². The van der Waals surface area contributed by atoms with Crippen LogP contribution < -0.4 is 0 Å². The van der Waals surface area contributed by atoms with Gasteiger partial charge in [-0.15, -0.1) is 10.2 Å². The summed E-state index contributed by atoms with van der Waals surface area (Å²) in [6.45, 7) is 0.685. The Hall–Kier alpha value is -0.450. The number of aromatic nitrogens is 3. The molecule has 3 nitrogen and oxygen atoms in total. The summed E-state index contributed by atoms with van der Waals surface area (Å²) in [7, 11) is 0. The normalized spacial score (nSPS) is 23.3. The van der Waals surface area contributed by atoms with Gasteiger partial charge in [-0.2, -0.15) is 0 Å². The lowest BCUT2D eigenvalue weighted by Crippen LogP contribution is -2.20. The average Bonchev–Trinajstić information content (AvgIpc) is 2.32. The maximum Gasteiger partial charge on any atom is 0.200 e. The fourth-order valence-corrected chi connectivity index (χ4v) is 1.72. The number of nitrogens with zero attached hydrogens (tertiary/aromatic N) is 3. The topological polar surface area (TPSA) is 30.7 Å². The number of hydrogen-bond acceptors (Lipinski definition) is 2. The van der Waals surface area contributed by atoms with Gasteiger partial charge in [-0.25, -0.2) is 4.39 Å². The van der Waals surface area contributed by atoms with E-state index in [2.05, 4.69) is 26.1 Å². The summed E-state index contributed by atoms with van der Waals surface area (Å²) in [4.78, 5) is 0. The average molecular weight is 220 g/mol. The van der Waals surface area contributed by atoms with Crippen LogP contribution in [0, 0.1) is 0 Å². The lowest BCUT2D eigenvalue weighted by Gasteiger charge is -2.16. The summed E-state index contributed by atoms with van der Waals surface area (Å²) < 4.78 is 15.4. The molecule has 0 aliphatic carbocycles. The van der Waals surface area contributed by atoms with Crippen molar-refractivity contribution in [3.05, 3.63) is 10.6 Å². The van der Waals surface area contributed by atoms with Crippen LogP contribution in [0.25, 0.3) is 0 Å². The van der Waals surface area contributed by atoms with Crippen LogP contribution in [0.5, 0.6) is 0 Å². The second-order valence-electron chi connectivity index (χ2n) is 2.63. The van der Waals surface area contributed by atoms with Gasteiger partial charge in [0.2, 0.25) is 0 Å². The molecule has 0 saturated heterocycles. The zero-order chi connectivity index (χ0) is 7.84. The molecule has 2 heterocycles. The van der Waals surface area contributed by atoms with Crippen molar-refractivity contribution in [3.8, 4) is 0 Å². The molecule has 1 unspecified atom stereocenters. The number of halogens is 2. The van der Waals surface area contributed by atoms with E-state index in [1.54, 1.807) is 0 Å². The summed E-state index contributed by atoms with van der Waals surface area (Å²) in [5, 5.41) is 7.63. The minimum absolute atomic E-state index is 0.401. The second kappa shape index (κ2) is 2.55. The Kier molecular flexibility index (Phi) is 1.67. The van der Waals surface area contributed by atoms with Crippen LogP contribution in [0.3, 0.4) is 0 Å². The van der Waals surface area contributed by atoms with Crippen LogP contribution in [0.15, 0.2) is 4.73 Å². The Morgan fingerprint density at radius 1 is 1.55 bits per heavy atom. The molecular weight excluding hydrogens is 213 g/mol. The summed E-state index contributed by atoms with van der Waals surface area (Å²) in [5.74, 6) is 0.746. The van der Waals surface area contributed by atoms with Crippen LogP contribution in [0.1, 0.15) is 12.2 Å². The molecule has 0 saturated carbocycles. The zero-order valence-corrected chi connectivity index (χ0v) is 7.38. The zero-order valence-electron chi connectivity index (χ0n) is 5.80. The summed E-state index contributed by atoms with van der Waals surface area (Å²) in [6.07, 6.45) is 0.237. The van der Waals surface area contributed by atoms with Crippen molar-refractivity contribution >= 4 is 15.9 Å². The summed E-state index contributed by atoms with van der Waals surface area (Å²) in [5.41, 5.74) is 0. The Balaban J connectivity index is 2.36. The Bertz CT molecular complexity index is 273. The maximum atomic E-state index is 12.8. The van der Waals surface area contributed by atoms with Crippen molar-refractivity contribution in [1.82, 2.24) is 14.8 Å². The predicted molar refractivity (Wildman–Crippen MR) is 40.9 cm³/mol. The molecule has 0 spiro atoms. The molecule has 5 heteroatoms. The van der Waals surface area contributed by atoms with Gasteiger partial charge in [0.25, 0.3) is 0 Å². The maximum absolute atomic E-state index is 12.8. The van der Waals surface area contributed by atoms with Gasteiger partial charge in [0.1, 0.15) is 12.0 Å². The second-order valence-corrected chi connectivity index (χ2v) is 3.34. The van der Waals surface area contributed by atoms with E-state index < -0.39 is 6.17 Å². The first kappa shape index (κ1) is 7.21.